The number of hydrogen-bond donors (Lipinski definition) is 0. The molecule has 2 nitrogen and oxygen atoms in total. The first-order chi connectivity index (χ1) is 6.00. The number of allylic oxidation sites excluding steroid dienone is 4. The highest BCUT2D eigenvalue weighted by atomic mass is 35.5. The smallest absolute Gasteiger partial charge is 0.219 e. The van der Waals surface area contributed by atoms with Crippen molar-refractivity contribution in [2.75, 3.05) is 0 Å². The van der Waals surface area contributed by atoms with Crippen molar-refractivity contribution in [1.82, 2.24) is 0 Å². The summed E-state index contributed by atoms with van der Waals surface area (Å²) < 4.78 is 13.0. The minimum atomic E-state index is -0.980. The maximum atomic E-state index is 13.0. The summed E-state index contributed by atoms with van der Waals surface area (Å²) in [5, 5.41) is -0.147. The van der Waals surface area contributed by atoms with Crippen LogP contribution in [0.3, 0.4) is 0 Å². The van der Waals surface area contributed by atoms with E-state index in [9.17, 15) is 14.0 Å². The molecule has 0 aliphatic heterocycles. The van der Waals surface area contributed by atoms with Crippen molar-refractivity contribution >= 4 is 23.2 Å². The quantitative estimate of drug-likeness (QED) is 0.612. The van der Waals surface area contributed by atoms with Crippen LogP contribution in [0, 0.1) is 0 Å². The Balaban J connectivity index is 3.29. The van der Waals surface area contributed by atoms with Crippen LogP contribution in [0.1, 0.15) is 20.3 Å². The molecule has 0 aromatic heterocycles. The molecule has 1 aliphatic carbocycles. The third-order valence-electron chi connectivity index (χ3n) is 1.96. The first kappa shape index (κ1) is 10.1. The van der Waals surface area contributed by atoms with Gasteiger partial charge in [0.15, 0.2) is 5.83 Å². The van der Waals surface area contributed by atoms with E-state index < -0.39 is 17.4 Å². The van der Waals surface area contributed by atoms with Crippen LogP contribution in [-0.2, 0) is 9.59 Å². The van der Waals surface area contributed by atoms with Gasteiger partial charge in [-0.05, 0) is 13.3 Å². The molecular weight excluding hydrogens is 195 g/mol. The molecule has 0 saturated heterocycles. The van der Waals surface area contributed by atoms with E-state index >= 15 is 0 Å². The van der Waals surface area contributed by atoms with Crippen molar-refractivity contribution in [1.29, 1.82) is 0 Å². The Bertz CT molecular complexity index is 353. The molecule has 0 heterocycles. The molecule has 0 atom stereocenters. The zero-order valence-electron chi connectivity index (χ0n) is 7.28. The van der Waals surface area contributed by atoms with Gasteiger partial charge >= 0.3 is 0 Å². The summed E-state index contributed by atoms with van der Waals surface area (Å²) in [6.45, 7) is 2.90. The van der Waals surface area contributed by atoms with Crippen LogP contribution in [-0.4, -0.2) is 11.6 Å². The number of rotatable bonds is 1. The van der Waals surface area contributed by atoms with Gasteiger partial charge < -0.3 is 0 Å². The summed E-state index contributed by atoms with van der Waals surface area (Å²) in [6.07, 6.45) is 0.268. The SMILES string of the molecule is CCC1=C(Cl)C(=O)C(C)=C(F)C1=O. The molecule has 0 spiro atoms. The third kappa shape index (κ3) is 1.44. The molecular formula is C9H8ClFO2. The van der Waals surface area contributed by atoms with E-state index in [0.29, 0.717) is 0 Å². The monoisotopic (exact) mass is 202 g/mol. The average molecular weight is 203 g/mol. The Hall–Kier alpha value is -0.960. The average Bonchev–Trinajstić information content (AvgIpc) is 2.13. The lowest BCUT2D eigenvalue weighted by Crippen LogP contribution is -2.18. The van der Waals surface area contributed by atoms with Gasteiger partial charge in [0, 0.05) is 11.1 Å². The van der Waals surface area contributed by atoms with Crippen molar-refractivity contribution < 1.29 is 14.0 Å². The number of carbonyl (C=O) groups excluding carboxylic acids is 2. The van der Waals surface area contributed by atoms with Crippen LogP contribution in [0.4, 0.5) is 4.39 Å². The van der Waals surface area contributed by atoms with E-state index in [2.05, 4.69) is 0 Å². The Labute approximate surface area is 80.1 Å². The van der Waals surface area contributed by atoms with Crippen molar-refractivity contribution in [2.45, 2.75) is 20.3 Å². The molecule has 1 aliphatic rings. The zero-order valence-corrected chi connectivity index (χ0v) is 8.04. The highest BCUT2D eigenvalue weighted by molar-refractivity contribution is 6.49. The predicted octanol–water partition coefficient (Wildman–Crippen LogP) is 2.28. The van der Waals surface area contributed by atoms with Crippen LogP contribution in [0.25, 0.3) is 0 Å². The number of Topliss-reactive ketones (excluding diaryl/α,β-unsaturated/α-hetero) is 2. The Morgan fingerprint density at radius 2 is 1.85 bits per heavy atom. The molecule has 1 rings (SSSR count). The lowest BCUT2D eigenvalue weighted by atomic mass is 9.95. The van der Waals surface area contributed by atoms with Gasteiger partial charge in [0.05, 0.1) is 5.03 Å². The van der Waals surface area contributed by atoms with Crippen molar-refractivity contribution in [3.05, 3.63) is 22.0 Å². The van der Waals surface area contributed by atoms with Gasteiger partial charge in [-0.15, -0.1) is 0 Å². The summed E-state index contributed by atoms with van der Waals surface area (Å²) in [6, 6.07) is 0. The maximum Gasteiger partial charge on any atom is 0.219 e. The molecule has 0 saturated carbocycles. The summed E-state index contributed by atoms with van der Waals surface area (Å²) in [4.78, 5) is 22.4. The second-order valence-electron chi connectivity index (χ2n) is 2.74. The topological polar surface area (TPSA) is 34.1 Å². The van der Waals surface area contributed by atoms with Gasteiger partial charge in [0.2, 0.25) is 11.6 Å². The molecule has 0 aromatic carbocycles. The molecule has 0 aromatic rings. The van der Waals surface area contributed by atoms with Crippen LogP contribution in [0.15, 0.2) is 22.0 Å². The molecule has 0 bridgehead atoms. The van der Waals surface area contributed by atoms with Crippen molar-refractivity contribution in [3.63, 3.8) is 0 Å². The normalized spacial score (nSPS) is 18.8. The van der Waals surface area contributed by atoms with Crippen LogP contribution in [0.2, 0.25) is 0 Å². The molecule has 70 valence electrons. The highest BCUT2D eigenvalue weighted by Gasteiger charge is 2.30. The minimum absolute atomic E-state index is 0.0646. The Morgan fingerprint density at radius 1 is 1.31 bits per heavy atom. The van der Waals surface area contributed by atoms with Gasteiger partial charge in [-0.25, -0.2) is 4.39 Å². The summed E-state index contributed by atoms with van der Waals surface area (Å²) in [7, 11) is 0. The molecule has 0 radical (unpaired) electrons. The molecule has 13 heavy (non-hydrogen) atoms. The van der Waals surface area contributed by atoms with Crippen LogP contribution < -0.4 is 0 Å². The fourth-order valence-electron chi connectivity index (χ4n) is 1.12. The standard InChI is InChI=1S/C9H8ClFO2/c1-3-5-6(10)8(12)4(2)7(11)9(5)13/h3H2,1-2H3. The van der Waals surface area contributed by atoms with Gasteiger partial charge in [0.25, 0.3) is 0 Å². The number of hydrogen-bond acceptors (Lipinski definition) is 2. The Morgan fingerprint density at radius 3 is 2.31 bits per heavy atom. The van der Waals surface area contributed by atoms with E-state index in [-0.39, 0.29) is 22.6 Å². The lowest BCUT2D eigenvalue weighted by molar-refractivity contribution is -0.117. The highest BCUT2D eigenvalue weighted by Crippen LogP contribution is 2.28. The summed E-state index contributed by atoms with van der Waals surface area (Å²) in [5.41, 5.74) is -0.137. The second kappa shape index (κ2) is 3.42. The van der Waals surface area contributed by atoms with Gasteiger partial charge in [-0.3, -0.25) is 9.59 Å². The fourth-order valence-corrected chi connectivity index (χ4v) is 1.48. The fraction of sp³-hybridized carbons (Fsp3) is 0.333. The van der Waals surface area contributed by atoms with Crippen LogP contribution in [0.5, 0.6) is 0 Å². The number of halogens is 2. The first-order valence-electron chi connectivity index (χ1n) is 3.85. The largest absolute Gasteiger partial charge is 0.288 e. The van der Waals surface area contributed by atoms with Gasteiger partial charge in [0.1, 0.15) is 0 Å². The number of ketones is 2. The molecule has 0 N–H and O–H groups in total. The molecule has 0 fully saturated rings. The predicted molar refractivity (Wildman–Crippen MR) is 47.0 cm³/mol. The second-order valence-corrected chi connectivity index (χ2v) is 3.12. The minimum Gasteiger partial charge on any atom is -0.288 e. The van der Waals surface area contributed by atoms with Gasteiger partial charge in [-0.1, -0.05) is 18.5 Å². The van der Waals surface area contributed by atoms with Crippen molar-refractivity contribution in [2.24, 2.45) is 0 Å². The van der Waals surface area contributed by atoms with E-state index in [4.69, 9.17) is 11.6 Å². The summed E-state index contributed by atoms with van der Waals surface area (Å²) in [5.74, 6) is -2.33. The van der Waals surface area contributed by atoms with Crippen molar-refractivity contribution in [3.8, 4) is 0 Å². The maximum absolute atomic E-state index is 13.0. The first-order valence-corrected chi connectivity index (χ1v) is 4.22. The molecule has 0 unspecified atom stereocenters. The van der Waals surface area contributed by atoms with E-state index in [0.717, 1.165) is 0 Å². The van der Waals surface area contributed by atoms with Gasteiger partial charge in [-0.2, -0.15) is 0 Å². The number of carbonyl (C=O) groups is 2. The van der Waals surface area contributed by atoms with Crippen LogP contribution >= 0.6 is 11.6 Å². The molecule has 0 amide bonds. The van der Waals surface area contributed by atoms with E-state index in [1.54, 1.807) is 6.92 Å². The third-order valence-corrected chi connectivity index (χ3v) is 2.36. The van der Waals surface area contributed by atoms with E-state index in [1.165, 1.54) is 6.92 Å². The summed E-state index contributed by atoms with van der Waals surface area (Å²) >= 11 is 5.60. The van der Waals surface area contributed by atoms with E-state index in [1.807, 2.05) is 0 Å². The Kier molecular flexibility index (Phi) is 2.66. The zero-order chi connectivity index (χ0) is 10.2. The lowest BCUT2D eigenvalue weighted by Gasteiger charge is -2.12. The molecule has 4 heteroatoms.